The number of aldehydes is 1. The van der Waals surface area contributed by atoms with E-state index >= 15 is 0 Å². The van der Waals surface area contributed by atoms with Gasteiger partial charge in [0.2, 0.25) is 0 Å². The van der Waals surface area contributed by atoms with Crippen molar-refractivity contribution in [3.63, 3.8) is 0 Å². The van der Waals surface area contributed by atoms with Crippen LogP contribution in [0.1, 0.15) is 43.8 Å². The second kappa shape index (κ2) is 14.0. The first-order chi connectivity index (χ1) is 16.4. The van der Waals surface area contributed by atoms with Crippen LogP contribution in [0.2, 0.25) is 0 Å². The molecule has 7 heteroatoms. The lowest BCUT2D eigenvalue weighted by atomic mass is 10.0. The summed E-state index contributed by atoms with van der Waals surface area (Å²) in [7, 11) is 1.00. The van der Waals surface area contributed by atoms with Crippen LogP contribution in [0.25, 0.3) is 0 Å². The van der Waals surface area contributed by atoms with Crippen molar-refractivity contribution in [3.05, 3.63) is 106 Å². The van der Waals surface area contributed by atoms with Gasteiger partial charge in [-0.1, -0.05) is 42.0 Å². The molecular formula is C27H30F2N2O3. The van der Waals surface area contributed by atoms with Crippen LogP contribution in [0, 0.1) is 18.6 Å². The van der Waals surface area contributed by atoms with Crippen molar-refractivity contribution >= 4 is 12.2 Å². The fourth-order valence-corrected chi connectivity index (χ4v) is 3.55. The van der Waals surface area contributed by atoms with Crippen LogP contribution in [0.3, 0.4) is 0 Å². The topological polar surface area (TPSA) is 78.4 Å². The minimum atomic E-state index is -0.646. The summed E-state index contributed by atoms with van der Waals surface area (Å²) in [5, 5.41) is 13.3. The molecule has 0 bridgehead atoms. The number of benzene rings is 3. The molecule has 0 aliphatic carbocycles. The summed E-state index contributed by atoms with van der Waals surface area (Å²) in [6.07, 6.45) is 1.57. The number of nitrogens with one attached hydrogen (secondary N) is 2. The molecular weight excluding hydrogens is 438 g/mol. The Morgan fingerprint density at radius 2 is 1.65 bits per heavy atom. The predicted octanol–water partition coefficient (Wildman–Crippen LogP) is 4.22. The normalized spacial score (nSPS) is 11.2. The van der Waals surface area contributed by atoms with Crippen LogP contribution in [-0.2, 0) is 13.0 Å². The van der Waals surface area contributed by atoms with Gasteiger partial charge in [0.15, 0.2) is 0 Å². The van der Waals surface area contributed by atoms with Crippen LogP contribution in [0.15, 0.2) is 66.7 Å². The Morgan fingerprint density at radius 3 is 2.26 bits per heavy atom. The maximum absolute atomic E-state index is 13.6. The largest absolute Gasteiger partial charge is 0.400 e. The molecule has 1 amide bonds. The van der Waals surface area contributed by atoms with Crippen molar-refractivity contribution < 1.29 is 23.5 Å². The molecule has 3 N–H and O–H groups in total. The molecule has 0 spiro atoms. The summed E-state index contributed by atoms with van der Waals surface area (Å²) in [5.41, 5.74) is 3.71. The summed E-state index contributed by atoms with van der Waals surface area (Å²) in [6.45, 7) is 3.33. The van der Waals surface area contributed by atoms with E-state index in [2.05, 4.69) is 16.7 Å². The lowest BCUT2D eigenvalue weighted by Crippen LogP contribution is -2.38. The van der Waals surface area contributed by atoms with E-state index in [1.165, 1.54) is 17.7 Å². The summed E-state index contributed by atoms with van der Waals surface area (Å²) >= 11 is 0. The molecule has 0 heterocycles. The monoisotopic (exact) mass is 468 g/mol. The first kappa shape index (κ1) is 26.8. The third-order valence-corrected chi connectivity index (χ3v) is 5.13. The third kappa shape index (κ3) is 8.84. The molecule has 0 radical (unpaired) electrons. The molecule has 3 aromatic rings. The zero-order chi connectivity index (χ0) is 24.9. The molecule has 0 aromatic heterocycles. The van der Waals surface area contributed by atoms with Crippen molar-refractivity contribution in [1.29, 1.82) is 0 Å². The van der Waals surface area contributed by atoms with Crippen LogP contribution in [0.4, 0.5) is 8.78 Å². The van der Waals surface area contributed by atoms with Crippen molar-refractivity contribution in [1.82, 2.24) is 10.6 Å². The number of rotatable bonds is 10. The van der Waals surface area contributed by atoms with Crippen LogP contribution in [-0.4, -0.2) is 37.0 Å². The first-order valence-corrected chi connectivity index (χ1v) is 10.9. The van der Waals surface area contributed by atoms with Gasteiger partial charge in [0.1, 0.15) is 17.9 Å². The zero-order valence-electron chi connectivity index (χ0n) is 19.4. The third-order valence-electron chi connectivity index (χ3n) is 5.13. The molecule has 0 aliphatic rings. The first-order valence-electron chi connectivity index (χ1n) is 10.9. The Hall–Kier alpha value is -3.42. The smallest absolute Gasteiger partial charge is 0.251 e. The quantitative estimate of drug-likeness (QED) is 0.308. The highest BCUT2D eigenvalue weighted by Crippen LogP contribution is 2.13. The van der Waals surface area contributed by atoms with Gasteiger partial charge in [-0.3, -0.25) is 9.59 Å². The predicted molar refractivity (Wildman–Crippen MR) is 129 cm³/mol. The Labute approximate surface area is 198 Å². The van der Waals surface area contributed by atoms with Gasteiger partial charge in [0.25, 0.3) is 5.91 Å². The molecule has 0 saturated heterocycles. The fourth-order valence-electron chi connectivity index (χ4n) is 3.55. The number of carbonyl (C=O) groups is 2. The Bertz CT molecular complexity index is 1050. The number of aliphatic hydroxyl groups excluding tert-OH is 1. The van der Waals surface area contributed by atoms with Gasteiger partial charge in [-0.05, 0) is 61.7 Å². The molecule has 34 heavy (non-hydrogen) atoms. The van der Waals surface area contributed by atoms with E-state index in [9.17, 15) is 18.4 Å². The number of aryl methyl sites for hydroxylation is 1. The van der Waals surface area contributed by atoms with Crippen LogP contribution < -0.4 is 10.6 Å². The summed E-state index contributed by atoms with van der Waals surface area (Å²) in [4.78, 5) is 23.5. The highest BCUT2D eigenvalue weighted by Gasteiger charge is 2.16. The van der Waals surface area contributed by atoms with Gasteiger partial charge in [-0.2, -0.15) is 0 Å². The maximum atomic E-state index is 13.6. The highest BCUT2D eigenvalue weighted by atomic mass is 19.1. The molecule has 1 atom stereocenters. The second-order valence-corrected chi connectivity index (χ2v) is 7.85. The molecule has 5 nitrogen and oxygen atoms in total. The van der Waals surface area contributed by atoms with Crippen LogP contribution in [0.5, 0.6) is 0 Å². The molecule has 0 saturated carbocycles. The minimum absolute atomic E-state index is 0.291. The zero-order valence-corrected chi connectivity index (χ0v) is 19.4. The second-order valence-electron chi connectivity index (χ2n) is 7.85. The number of halogens is 2. The Kier molecular flexibility index (Phi) is 11.0. The standard InChI is InChI=1S/C26H26F2N2O2.CH4O/c1-18-3-2-4-20(11-18)16-29-10-9-25(14-21-12-23(27)15-24(28)13-21)30-26(32)22-7-5-19(17-31)6-8-22;1-2/h2-8,11-13,15,17,25,29H,9-10,14,16H2,1H3,(H,30,32);2H,1H3. The molecule has 1 unspecified atom stereocenters. The fraction of sp³-hybridized carbons (Fsp3) is 0.259. The van der Waals surface area contributed by atoms with Crippen molar-refractivity contribution in [2.75, 3.05) is 13.7 Å². The van der Waals surface area contributed by atoms with Gasteiger partial charge < -0.3 is 15.7 Å². The molecule has 180 valence electrons. The number of aliphatic hydroxyl groups is 1. The van der Waals surface area contributed by atoms with E-state index in [1.54, 1.807) is 24.3 Å². The van der Waals surface area contributed by atoms with Gasteiger partial charge in [0, 0.05) is 36.9 Å². The number of carbonyl (C=O) groups excluding carboxylic acids is 2. The molecule has 3 aromatic carbocycles. The molecule has 0 fully saturated rings. The Balaban J connectivity index is 0.00000199. The van der Waals surface area contributed by atoms with Crippen molar-refractivity contribution in [2.45, 2.75) is 32.4 Å². The van der Waals surface area contributed by atoms with Gasteiger partial charge in [-0.15, -0.1) is 0 Å². The highest BCUT2D eigenvalue weighted by molar-refractivity contribution is 5.95. The van der Waals surface area contributed by atoms with Gasteiger partial charge in [-0.25, -0.2) is 8.78 Å². The van der Waals surface area contributed by atoms with Gasteiger partial charge in [0.05, 0.1) is 0 Å². The summed E-state index contributed by atoms with van der Waals surface area (Å²) < 4.78 is 27.3. The lowest BCUT2D eigenvalue weighted by Gasteiger charge is -2.20. The number of hydrogen-bond acceptors (Lipinski definition) is 4. The maximum Gasteiger partial charge on any atom is 0.251 e. The van der Waals surface area contributed by atoms with E-state index in [0.29, 0.717) is 48.9 Å². The van der Waals surface area contributed by atoms with E-state index in [4.69, 9.17) is 5.11 Å². The van der Waals surface area contributed by atoms with Crippen LogP contribution >= 0.6 is 0 Å². The van der Waals surface area contributed by atoms with E-state index in [-0.39, 0.29) is 11.9 Å². The molecule has 3 rings (SSSR count). The average Bonchev–Trinajstić information content (AvgIpc) is 2.82. The van der Waals surface area contributed by atoms with E-state index < -0.39 is 11.6 Å². The van der Waals surface area contributed by atoms with E-state index in [1.807, 2.05) is 25.1 Å². The number of hydrogen-bond donors (Lipinski definition) is 3. The van der Waals surface area contributed by atoms with Crippen molar-refractivity contribution in [3.8, 4) is 0 Å². The minimum Gasteiger partial charge on any atom is -0.400 e. The van der Waals surface area contributed by atoms with Gasteiger partial charge >= 0.3 is 0 Å². The van der Waals surface area contributed by atoms with Crippen molar-refractivity contribution in [2.24, 2.45) is 0 Å². The van der Waals surface area contributed by atoms with E-state index in [0.717, 1.165) is 18.7 Å². The SMILES string of the molecule is CO.Cc1cccc(CNCCC(Cc2cc(F)cc(F)c2)NC(=O)c2ccc(C=O)cc2)c1. The molecule has 0 aliphatic heterocycles. The number of amides is 1. The summed E-state index contributed by atoms with van der Waals surface area (Å²) in [5.74, 6) is -1.60. The average molecular weight is 469 g/mol. The Morgan fingerprint density at radius 1 is 0.971 bits per heavy atom. The summed E-state index contributed by atoms with van der Waals surface area (Å²) in [6, 6.07) is 17.5. The lowest BCUT2D eigenvalue weighted by molar-refractivity contribution is 0.0934.